The second-order valence-corrected chi connectivity index (χ2v) is 4.10. The minimum Gasteiger partial charge on any atom is -0.316 e. The zero-order chi connectivity index (χ0) is 10.7. The third-order valence-electron chi connectivity index (χ3n) is 3.18. The van der Waals surface area contributed by atoms with Crippen molar-refractivity contribution in [3.63, 3.8) is 0 Å². The maximum absolute atomic E-state index is 13.2. The van der Waals surface area contributed by atoms with Crippen LogP contribution in [0.3, 0.4) is 0 Å². The van der Waals surface area contributed by atoms with Gasteiger partial charge in [0.2, 0.25) is 6.43 Å². The van der Waals surface area contributed by atoms with Crippen molar-refractivity contribution in [2.45, 2.75) is 24.7 Å². The average molecular weight is 211 g/mol. The van der Waals surface area contributed by atoms with Crippen LogP contribution in [-0.2, 0) is 5.41 Å². The van der Waals surface area contributed by atoms with Crippen LogP contribution in [0.1, 0.15) is 18.4 Å². The quantitative estimate of drug-likeness (QED) is 0.792. The Hall–Kier alpha value is -0.960. The molecule has 15 heavy (non-hydrogen) atoms. The predicted octanol–water partition coefficient (Wildman–Crippen LogP) is 2.57. The molecular formula is C12H15F2N. The highest BCUT2D eigenvalue weighted by Gasteiger charge is 2.42. The van der Waals surface area contributed by atoms with E-state index in [0.29, 0.717) is 13.0 Å². The Kier molecular flexibility index (Phi) is 3.00. The van der Waals surface area contributed by atoms with Crippen LogP contribution in [0.15, 0.2) is 30.3 Å². The van der Waals surface area contributed by atoms with Gasteiger partial charge in [-0.1, -0.05) is 30.3 Å². The number of piperidine rings is 1. The average Bonchev–Trinajstić information content (AvgIpc) is 2.31. The van der Waals surface area contributed by atoms with E-state index in [1.807, 2.05) is 18.2 Å². The van der Waals surface area contributed by atoms with E-state index in [2.05, 4.69) is 5.32 Å². The molecule has 1 aliphatic rings. The van der Waals surface area contributed by atoms with Gasteiger partial charge in [0.05, 0.1) is 5.41 Å². The SMILES string of the molecule is FC(F)C1(c2ccccc2)CCCNC1. The van der Waals surface area contributed by atoms with Gasteiger partial charge in [0, 0.05) is 6.54 Å². The number of nitrogens with one attached hydrogen (secondary N) is 1. The van der Waals surface area contributed by atoms with Crippen molar-refractivity contribution in [1.29, 1.82) is 0 Å². The Bertz CT molecular complexity index is 305. The van der Waals surface area contributed by atoms with Crippen LogP contribution in [0.2, 0.25) is 0 Å². The van der Waals surface area contributed by atoms with Crippen LogP contribution in [0.4, 0.5) is 8.78 Å². The zero-order valence-corrected chi connectivity index (χ0v) is 8.55. The van der Waals surface area contributed by atoms with Gasteiger partial charge >= 0.3 is 0 Å². The van der Waals surface area contributed by atoms with Crippen LogP contribution in [0, 0.1) is 0 Å². The van der Waals surface area contributed by atoms with Gasteiger partial charge in [0.15, 0.2) is 0 Å². The molecule has 3 heteroatoms. The highest BCUT2D eigenvalue weighted by atomic mass is 19.3. The van der Waals surface area contributed by atoms with E-state index in [1.165, 1.54) is 0 Å². The van der Waals surface area contributed by atoms with Crippen molar-refractivity contribution in [3.8, 4) is 0 Å². The van der Waals surface area contributed by atoms with Crippen LogP contribution >= 0.6 is 0 Å². The molecule has 1 aromatic rings. The summed E-state index contributed by atoms with van der Waals surface area (Å²) in [6, 6.07) is 9.12. The van der Waals surface area contributed by atoms with E-state index in [1.54, 1.807) is 12.1 Å². The lowest BCUT2D eigenvalue weighted by molar-refractivity contribution is 0.0334. The first kappa shape index (κ1) is 10.6. The topological polar surface area (TPSA) is 12.0 Å². The number of halogens is 2. The maximum atomic E-state index is 13.2. The lowest BCUT2D eigenvalue weighted by Gasteiger charge is -2.37. The second-order valence-electron chi connectivity index (χ2n) is 4.10. The molecule has 0 saturated carbocycles. The van der Waals surface area contributed by atoms with E-state index in [0.717, 1.165) is 18.5 Å². The molecule has 1 heterocycles. The molecule has 1 N–H and O–H groups in total. The van der Waals surface area contributed by atoms with Crippen molar-refractivity contribution in [3.05, 3.63) is 35.9 Å². The fourth-order valence-corrected chi connectivity index (χ4v) is 2.26. The number of hydrogen-bond donors (Lipinski definition) is 1. The molecule has 1 nitrogen and oxygen atoms in total. The van der Waals surface area contributed by atoms with E-state index in [4.69, 9.17) is 0 Å². The molecule has 0 spiro atoms. The molecule has 1 aliphatic heterocycles. The normalized spacial score (nSPS) is 26.9. The molecule has 0 amide bonds. The Morgan fingerprint density at radius 3 is 2.47 bits per heavy atom. The second kappa shape index (κ2) is 4.27. The minimum atomic E-state index is -2.30. The van der Waals surface area contributed by atoms with E-state index in [9.17, 15) is 8.78 Å². The third-order valence-corrected chi connectivity index (χ3v) is 3.18. The summed E-state index contributed by atoms with van der Waals surface area (Å²) < 4.78 is 26.4. The molecule has 82 valence electrons. The lowest BCUT2D eigenvalue weighted by atomic mass is 9.75. The first-order valence-corrected chi connectivity index (χ1v) is 5.30. The first-order valence-electron chi connectivity index (χ1n) is 5.30. The van der Waals surface area contributed by atoms with Gasteiger partial charge in [0.1, 0.15) is 0 Å². The molecule has 1 atom stereocenters. The summed E-state index contributed by atoms with van der Waals surface area (Å²) in [7, 11) is 0. The largest absolute Gasteiger partial charge is 0.316 e. The Morgan fingerprint density at radius 1 is 1.20 bits per heavy atom. The number of hydrogen-bond acceptors (Lipinski definition) is 1. The van der Waals surface area contributed by atoms with Crippen LogP contribution in [-0.4, -0.2) is 19.5 Å². The van der Waals surface area contributed by atoms with E-state index < -0.39 is 11.8 Å². The monoisotopic (exact) mass is 211 g/mol. The summed E-state index contributed by atoms with van der Waals surface area (Å²) in [5, 5.41) is 3.08. The zero-order valence-electron chi connectivity index (χ0n) is 8.55. The molecule has 1 aromatic carbocycles. The van der Waals surface area contributed by atoms with E-state index in [-0.39, 0.29) is 0 Å². The smallest absolute Gasteiger partial charge is 0.249 e. The van der Waals surface area contributed by atoms with E-state index >= 15 is 0 Å². The summed E-state index contributed by atoms with van der Waals surface area (Å²) in [5.41, 5.74) is -0.216. The molecule has 0 bridgehead atoms. The number of alkyl halides is 2. The van der Waals surface area contributed by atoms with Gasteiger partial charge in [-0.2, -0.15) is 0 Å². The van der Waals surface area contributed by atoms with Crippen LogP contribution in [0.5, 0.6) is 0 Å². The van der Waals surface area contributed by atoms with Crippen molar-refractivity contribution in [2.24, 2.45) is 0 Å². The Labute approximate surface area is 88.5 Å². The Balaban J connectivity index is 2.34. The summed E-state index contributed by atoms with van der Waals surface area (Å²) in [6.07, 6.45) is -0.909. The molecule has 0 aromatic heterocycles. The summed E-state index contributed by atoms with van der Waals surface area (Å²) >= 11 is 0. The van der Waals surface area contributed by atoms with Gasteiger partial charge in [-0.15, -0.1) is 0 Å². The van der Waals surface area contributed by atoms with Gasteiger partial charge in [-0.3, -0.25) is 0 Å². The molecule has 2 rings (SSSR count). The van der Waals surface area contributed by atoms with Gasteiger partial charge in [-0.25, -0.2) is 8.78 Å². The molecule has 1 saturated heterocycles. The fourth-order valence-electron chi connectivity index (χ4n) is 2.26. The highest BCUT2D eigenvalue weighted by molar-refractivity contribution is 5.27. The summed E-state index contributed by atoms with van der Waals surface area (Å²) in [4.78, 5) is 0. The van der Waals surface area contributed by atoms with Gasteiger partial charge < -0.3 is 5.32 Å². The lowest BCUT2D eigenvalue weighted by Crippen LogP contribution is -2.48. The fraction of sp³-hybridized carbons (Fsp3) is 0.500. The molecule has 1 unspecified atom stereocenters. The predicted molar refractivity (Wildman–Crippen MR) is 56.2 cm³/mol. The van der Waals surface area contributed by atoms with Gasteiger partial charge in [-0.05, 0) is 24.9 Å². The van der Waals surface area contributed by atoms with Crippen molar-refractivity contribution < 1.29 is 8.78 Å². The molecule has 0 aliphatic carbocycles. The third kappa shape index (κ3) is 1.88. The first-order chi connectivity index (χ1) is 7.26. The van der Waals surface area contributed by atoms with Crippen molar-refractivity contribution in [1.82, 2.24) is 5.32 Å². The molecule has 0 radical (unpaired) electrons. The number of benzene rings is 1. The summed E-state index contributed by atoms with van der Waals surface area (Å²) in [5.74, 6) is 0. The van der Waals surface area contributed by atoms with Crippen molar-refractivity contribution in [2.75, 3.05) is 13.1 Å². The van der Waals surface area contributed by atoms with Gasteiger partial charge in [0.25, 0.3) is 0 Å². The molecule has 1 fully saturated rings. The number of rotatable bonds is 2. The van der Waals surface area contributed by atoms with Crippen LogP contribution in [0.25, 0.3) is 0 Å². The Morgan fingerprint density at radius 2 is 1.93 bits per heavy atom. The van der Waals surface area contributed by atoms with Crippen molar-refractivity contribution >= 4 is 0 Å². The standard InChI is InChI=1S/C12H15F2N/c13-11(14)12(7-4-8-15-9-12)10-5-2-1-3-6-10/h1-3,5-6,11,15H,4,7-9H2. The van der Waals surface area contributed by atoms with Crippen LogP contribution < -0.4 is 5.32 Å². The summed E-state index contributed by atoms with van der Waals surface area (Å²) in [6.45, 7) is 1.23. The minimum absolute atomic E-state index is 0.384. The highest BCUT2D eigenvalue weighted by Crippen LogP contribution is 2.36. The maximum Gasteiger partial charge on any atom is 0.249 e. The molecular weight excluding hydrogens is 196 g/mol.